The average molecular weight is 415 g/mol. The highest BCUT2D eigenvalue weighted by molar-refractivity contribution is 9.10. The Bertz CT molecular complexity index is 635. The Morgan fingerprint density at radius 2 is 2.18 bits per heavy atom. The van der Waals surface area contributed by atoms with Crippen LogP contribution in [0.1, 0.15) is 12.8 Å². The van der Waals surface area contributed by atoms with E-state index in [1.165, 1.54) is 18.2 Å². The van der Waals surface area contributed by atoms with Gasteiger partial charge in [-0.2, -0.15) is 0 Å². The molecule has 0 saturated carbocycles. The monoisotopic (exact) mass is 413 g/mol. The van der Waals surface area contributed by atoms with Crippen LogP contribution in [0.2, 0.25) is 0 Å². The van der Waals surface area contributed by atoms with Crippen LogP contribution in [0.4, 0.5) is 5.69 Å². The lowest BCUT2D eigenvalue weighted by Gasteiger charge is -2.22. The van der Waals surface area contributed by atoms with Crippen LogP contribution in [0.3, 0.4) is 0 Å². The first-order chi connectivity index (χ1) is 9.90. The summed E-state index contributed by atoms with van der Waals surface area (Å²) in [7, 11) is -3.89. The van der Waals surface area contributed by atoms with Gasteiger partial charge < -0.3 is 5.32 Å². The second-order valence-corrected chi connectivity index (χ2v) is 7.58. The van der Waals surface area contributed by atoms with Crippen molar-refractivity contribution in [3.05, 3.63) is 32.8 Å². The normalized spacial score (nSPS) is 18.5. The molecule has 1 unspecified atom stereocenters. The molecule has 1 aromatic rings. The van der Waals surface area contributed by atoms with E-state index in [0.29, 0.717) is 4.47 Å². The Balaban J connectivity index is 0.00000242. The van der Waals surface area contributed by atoms with Gasteiger partial charge in [0.15, 0.2) is 4.90 Å². The smallest absolute Gasteiger partial charge is 0.290 e. The molecule has 1 fully saturated rings. The zero-order valence-electron chi connectivity index (χ0n) is 11.6. The standard InChI is InChI=1S/C12H16BrN3O4S.ClH/c13-10-3-4-12(11(6-10)16(17)18)21(19,20)15-8-9-2-1-5-14-7-9;/h3-4,6,9,14-15H,1-2,5,7-8H2;1H. The number of halogens is 2. The molecule has 1 aliphatic rings. The summed E-state index contributed by atoms with van der Waals surface area (Å²) in [5, 5.41) is 14.2. The van der Waals surface area contributed by atoms with E-state index in [-0.39, 0.29) is 29.8 Å². The van der Waals surface area contributed by atoms with E-state index in [9.17, 15) is 18.5 Å². The molecule has 0 aliphatic carbocycles. The first-order valence-corrected chi connectivity index (χ1v) is 8.82. The third-order valence-corrected chi connectivity index (χ3v) is 5.33. The minimum atomic E-state index is -3.89. The highest BCUT2D eigenvalue weighted by atomic mass is 79.9. The van der Waals surface area contributed by atoms with Gasteiger partial charge in [-0.25, -0.2) is 13.1 Å². The lowest BCUT2D eigenvalue weighted by Crippen LogP contribution is -2.38. The van der Waals surface area contributed by atoms with Crippen molar-refractivity contribution in [2.45, 2.75) is 17.7 Å². The van der Waals surface area contributed by atoms with E-state index in [1.807, 2.05) is 0 Å². The van der Waals surface area contributed by atoms with Crippen LogP contribution in [0, 0.1) is 16.0 Å². The van der Waals surface area contributed by atoms with Gasteiger partial charge in [-0.05, 0) is 44.0 Å². The molecule has 0 bridgehead atoms. The number of hydrogen-bond donors (Lipinski definition) is 2. The Hall–Kier alpha value is -0.740. The topological polar surface area (TPSA) is 101 Å². The molecule has 7 nitrogen and oxygen atoms in total. The average Bonchev–Trinajstić information content (AvgIpc) is 2.46. The van der Waals surface area contributed by atoms with Gasteiger partial charge in [-0.1, -0.05) is 15.9 Å². The molecule has 0 amide bonds. The summed E-state index contributed by atoms with van der Waals surface area (Å²) in [6.07, 6.45) is 1.95. The number of hydrogen-bond acceptors (Lipinski definition) is 5. The summed E-state index contributed by atoms with van der Waals surface area (Å²) in [5.41, 5.74) is -0.432. The van der Waals surface area contributed by atoms with Crippen LogP contribution < -0.4 is 10.0 Å². The van der Waals surface area contributed by atoms with Crippen molar-refractivity contribution in [2.24, 2.45) is 5.92 Å². The fourth-order valence-electron chi connectivity index (χ4n) is 2.26. The van der Waals surface area contributed by atoms with Gasteiger partial charge in [-0.3, -0.25) is 10.1 Å². The zero-order chi connectivity index (χ0) is 15.5. The second kappa shape index (κ2) is 8.21. The fourth-order valence-corrected chi connectivity index (χ4v) is 3.88. The summed E-state index contributed by atoms with van der Waals surface area (Å²) >= 11 is 3.10. The maximum Gasteiger partial charge on any atom is 0.290 e. The molecule has 10 heteroatoms. The number of piperidine rings is 1. The summed E-state index contributed by atoms with van der Waals surface area (Å²) in [4.78, 5) is 10.0. The van der Waals surface area contributed by atoms with Crippen molar-refractivity contribution in [1.82, 2.24) is 10.0 Å². The Labute approximate surface area is 143 Å². The quantitative estimate of drug-likeness (QED) is 0.567. The van der Waals surface area contributed by atoms with Gasteiger partial charge in [0.05, 0.1) is 4.92 Å². The summed E-state index contributed by atoms with van der Waals surface area (Å²) in [5.74, 6) is 0.211. The summed E-state index contributed by atoms with van der Waals surface area (Å²) in [6.45, 7) is 1.98. The number of sulfonamides is 1. The van der Waals surface area contributed by atoms with Crippen LogP contribution in [0.15, 0.2) is 27.6 Å². The highest BCUT2D eigenvalue weighted by Gasteiger charge is 2.26. The van der Waals surface area contributed by atoms with Crippen LogP contribution in [0.5, 0.6) is 0 Å². The largest absolute Gasteiger partial charge is 0.316 e. The highest BCUT2D eigenvalue weighted by Crippen LogP contribution is 2.27. The van der Waals surface area contributed by atoms with Gasteiger partial charge in [0.2, 0.25) is 10.0 Å². The van der Waals surface area contributed by atoms with E-state index in [4.69, 9.17) is 0 Å². The molecule has 2 N–H and O–H groups in total. The molecular weight excluding hydrogens is 398 g/mol. The van der Waals surface area contributed by atoms with E-state index < -0.39 is 20.6 Å². The lowest BCUT2D eigenvalue weighted by molar-refractivity contribution is -0.387. The van der Waals surface area contributed by atoms with Crippen molar-refractivity contribution in [3.63, 3.8) is 0 Å². The maximum absolute atomic E-state index is 12.3. The molecule has 0 radical (unpaired) electrons. The predicted molar refractivity (Wildman–Crippen MR) is 88.8 cm³/mol. The van der Waals surface area contributed by atoms with E-state index in [1.54, 1.807) is 0 Å². The molecule has 1 aromatic carbocycles. The minimum absolute atomic E-state index is 0. The van der Waals surface area contributed by atoms with Crippen LogP contribution in [0.25, 0.3) is 0 Å². The Morgan fingerprint density at radius 1 is 1.45 bits per heavy atom. The van der Waals surface area contributed by atoms with E-state index in [2.05, 4.69) is 26.0 Å². The molecule has 22 heavy (non-hydrogen) atoms. The number of benzene rings is 1. The van der Waals surface area contributed by atoms with Crippen molar-refractivity contribution in [3.8, 4) is 0 Å². The van der Waals surface area contributed by atoms with Gasteiger partial charge in [-0.15, -0.1) is 12.4 Å². The molecule has 1 atom stereocenters. The third-order valence-electron chi connectivity index (χ3n) is 3.37. The molecule has 2 rings (SSSR count). The van der Waals surface area contributed by atoms with Crippen LogP contribution in [-0.2, 0) is 10.0 Å². The van der Waals surface area contributed by atoms with Crippen molar-refractivity contribution >= 4 is 44.0 Å². The first kappa shape index (κ1) is 19.3. The third kappa shape index (κ3) is 4.88. The van der Waals surface area contributed by atoms with E-state index in [0.717, 1.165) is 25.9 Å². The number of nitrogens with one attached hydrogen (secondary N) is 2. The zero-order valence-corrected chi connectivity index (χ0v) is 14.8. The maximum atomic E-state index is 12.3. The predicted octanol–water partition coefficient (Wildman–Crippen LogP) is 2.06. The first-order valence-electron chi connectivity index (χ1n) is 6.54. The summed E-state index contributed by atoms with van der Waals surface area (Å²) < 4.78 is 27.5. The van der Waals surface area contributed by atoms with Gasteiger partial charge >= 0.3 is 0 Å². The Morgan fingerprint density at radius 3 is 2.77 bits per heavy atom. The molecule has 1 heterocycles. The molecule has 1 aliphatic heterocycles. The Kier molecular flexibility index (Phi) is 7.20. The second-order valence-electron chi connectivity index (χ2n) is 4.93. The molecule has 0 spiro atoms. The van der Waals surface area contributed by atoms with Crippen molar-refractivity contribution in [1.29, 1.82) is 0 Å². The van der Waals surface area contributed by atoms with Crippen LogP contribution in [-0.4, -0.2) is 33.0 Å². The van der Waals surface area contributed by atoms with Crippen molar-refractivity contribution in [2.75, 3.05) is 19.6 Å². The lowest BCUT2D eigenvalue weighted by atomic mass is 10.0. The number of nitro groups is 1. The van der Waals surface area contributed by atoms with Gasteiger partial charge in [0, 0.05) is 17.1 Å². The van der Waals surface area contributed by atoms with Gasteiger partial charge in [0.1, 0.15) is 0 Å². The van der Waals surface area contributed by atoms with Crippen molar-refractivity contribution < 1.29 is 13.3 Å². The number of nitro benzene ring substituents is 1. The fraction of sp³-hybridized carbons (Fsp3) is 0.500. The number of rotatable bonds is 5. The SMILES string of the molecule is Cl.O=[N+]([O-])c1cc(Br)ccc1S(=O)(=O)NCC1CCCNC1. The van der Waals surface area contributed by atoms with Crippen LogP contribution >= 0.6 is 28.3 Å². The van der Waals surface area contributed by atoms with Gasteiger partial charge in [0.25, 0.3) is 5.69 Å². The molecule has 0 aromatic heterocycles. The minimum Gasteiger partial charge on any atom is -0.316 e. The molecular formula is C12H17BrClN3O4S. The summed E-state index contributed by atoms with van der Waals surface area (Å²) in [6, 6.07) is 3.91. The molecule has 1 saturated heterocycles. The van der Waals surface area contributed by atoms with E-state index >= 15 is 0 Å². The number of nitrogens with zero attached hydrogens (tertiary/aromatic N) is 1. The molecule has 124 valence electrons.